The average molecular weight is 280 g/mol. The number of aromatic nitrogens is 1. The number of ketones is 1. The van der Waals surface area contributed by atoms with Gasteiger partial charge in [0.2, 0.25) is 0 Å². The summed E-state index contributed by atoms with van der Waals surface area (Å²) < 4.78 is 37.7. The number of carbonyl (C=O) groups excluding carboxylic acids is 1. The Morgan fingerprint density at radius 1 is 1.20 bits per heavy atom. The quantitative estimate of drug-likeness (QED) is 0.879. The first-order chi connectivity index (χ1) is 9.36. The molecular weight excluding hydrogens is 269 g/mol. The summed E-state index contributed by atoms with van der Waals surface area (Å²) in [5.74, 6) is -0.138. The van der Waals surface area contributed by atoms with Crippen LogP contribution in [0.5, 0.6) is 0 Å². The highest BCUT2D eigenvalue weighted by Gasteiger charge is 2.30. The molecular formula is C14H11F3N2O. The fourth-order valence-corrected chi connectivity index (χ4v) is 1.76. The maximum atomic E-state index is 12.6. The number of benzene rings is 1. The molecule has 104 valence electrons. The topological polar surface area (TPSA) is 56.0 Å². The van der Waals surface area contributed by atoms with Gasteiger partial charge in [0, 0.05) is 18.2 Å². The first kappa shape index (κ1) is 14.0. The van der Waals surface area contributed by atoms with Crippen LogP contribution in [-0.2, 0) is 12.6 Å². The molecule has 0 aliphatic heterocycles. The third-order valence-electron chi connectivity index (χ3n) is 2.72. The third kappa shape index (κ3) is 3.34. The summed E-state index contributed by atoms with van der Waals surface area (Å²) in [4.78, 5) is 15.8. The average Bonchev–Trinajstić information content (AvgIpc) is 2.38. The van der Waals surface area contributed by atoms with Crippen LogP contribution >= 0.6 is 0 Å². The van der Waals surface area contributed by atoms with Crippen molar-refractivity contribution in [2.24, 2.45) is 0 Å². The number of halogens is 3. The summed E-state index contributed by atoms with van der Waals surface area (Å²) >= 11 is 0. The number of nitrogens with two attached hydrogens (primary N) is 1. The molecule has 0 radical (unpaired) electrons. The maximum Gasteiger partial charge on any atom is 0.416 e. The number of carbonyl (C=O) groups is 1. The zero-order valence-electron chi connectivity index (χ0n) is 10.3. The fraction of sp³-hybridized carbons (Fsp3) is 0.143. The van der Waals surface area contributed by atoms with Gasteiger partial charge in [-0.05, 0) is 29.8 Å². The van der Waals surface area contributed by atoms with Gasteiger partial charge >= 0.3 is 6.18 Å². The van der Waals surface area contributed by atoms with Crippen LogP contribution in [0.25, 0.3) is 0 Å². The summed E-state index contributed by atoms with van der Waals surface area (Å²) in [6.45, 7) is 0. The highest BCUT2D eigenvalue weighted by molar-refractivity contribution is 5.97. The molecule has 0 aliphatic carbocycles. The predicted octanol–water partition coefficient (Wildman–Crippen LogP) is 3.11. The second-order valence-corrected chi connectivity index (χ2v) is 4.27. The minimum Gasteiger partial charge on any atom is -0.384 e. The van der Waals surface area contributed by atoms with Crippen molar-refractivity contribution in [3.05, 3.63) is 59.3 Å². The molecule has 1 aromatic carbocycles. The molecule has 2 rings (SSSR count). The van der Waals surface area contributed by atoms with Gasteiger partial charge in [0.15, 0.2) is 5.78 Å². The van der Waals surface area contributed by atoms with E-state index < -0.39 is 17.5 Å². The van der Waals surface area contributed by atoms with Crippen molar-refractivity contribution < 1.29 is 18.0 Å². The number of alkyl halides is 3. The Balaban J connectivity index is 2.22. The highest BCUT2D eigenvalue weighted by atomic mass is 19.4. The number of nitrogen functional groups attached to an aromatic ring is 1. The van der Waals surface area contributed by atoms with Crippen molar-refractivity contribution in [3.8, 4) is 0 Å². The molecule has 1 heterocycles. The Bertz CT molecular complexity index is 638. The van der Waals surface area contributed by atoms with E-state index in [1.54, 1.807) is 6.07 Å². The van der Waals surface area contributed by atoms with E-state index in [0.29, 0.717) is 5.56 Å². The molecule has 0 bridgehead atoms. The van der Waals surface area contributed by atoms with E-state index in [2.05, 4.69) is 4.98 Å². The van der Waals surface area contributed by atoms with Crippen molar-refractivity contribution in [2.45, 2.75) is 12.6 Å². The molecule has 0 saturated heterocycles. The molecule has 20 heavy (non-hydrogen) atoms. The Hall–Kier alpha value is -2.37. The van der Waals surface area contributed by atoms with Gasteiger partial charge in [-0.3, -0.25) is 4.79 Å². The minimum atomic E-state index is -4.46. The van der Waals surface area contributed by atoms with Crippen LogP contribution in [0.1, 0.15) is 21.5 Å². The molecule has 0 atom stereocenters. The smallest absolute Gasteiger partial charge is 0.384 e. The third-order valence-corrected chi connectivity index (χ3v) is 2.72. The van der Waals surface area contributed by atoms with Crippen LogP contribution in [0, 0.1) is 0 Å². The number of hydrogen-bond acceptors (Lipinski definition) is 3. The number of anilines is 1. The molecule has 0 aliphatic rings. The van der Waals surface area contributed by atoms with Gasteiger partial charge < -0.3 is 5.73 Å². The molecule has 0 unspecified atom stereocenters. The number of hydrogen-bond donors (Lipinski definition) is 1. The minimum absolute atomic E-state index is 0.0198. The number of Topliss-reactive ketones (excluding diaryl/α,β-unsaturated/α-hetero) is 1. The van der Waals surface area contributed by atoms with Crippen LogP contribution in [0.2, 0.25) is 0 Å². The zero-order valence-corrected chi connectivity index (χ0v) is 10.3. The van der Waals surface area contributed by atoms with Crippen molar-refractivity contribution in [3.63, 3.8) is 0 Å². The Morgan fingerprint density at radius 3 is 2.60 bits per heavy atom. The molecule has 3 nitrogen and oxygen atoms in total. The van der Waals surface area contributed by atoms with Crippen LogP contribution in [0.3, 0.4) is 0 Å². The first-order valence-electron chi connectivity index (χ1n) is 5.77. The highest BCUT2D eigenvalue weighted by Crippen LogP contribution is 2.29. The maximum absolute atomic E-state index is 12.6. The number of rotatable bonds is 3. The van der Waals surface area contributed by atoms with E-state index in [4.69, 9.17) is 5.73 Å². The Labute approximate surface area is 113 Å². The lowest BCUT2D eigenvalue weighted by Crippen LogP contribution is -2.09. The van der Waals surface area contributed by atoms with Gasteiger partial charge in [0.1, 0.15) is 5.82 Å². The number of pyridine rings is 1. The van der Waals surface area contributed by atoms with E-state index in [9.17, 15) is 18.0 Å². The zero-order chi connectivity index (χ0) is 14.8. The van der Waals surface area contributed by atoms with Crippen molar-refractivity contribution in [1.82, 2.24) is 4.98 Å². The monoisotopic (exact) mass is 280 g/mol. The molecule has 2 N–H and O–H groups in total. The lowest BCUT2D eigenvalue weighted by molar-refractivity contribution is -0.137. The van der Waals surface area contributed by atoms with Crippen LogP contribution < -0.4 is 5.73 Å². The van der Waals surface area contributed by atoms with Gasteiger partial charge in [-0.1, -0.05) is 12.1 Å². The van der Waals surface area contributed by atoms with Crippen LogP contribution in [0.15, 0.2) is 42.6 Å². The van der Waals surface area contributed by atoms with Gasteiger partial charge in [-0.15, -0.1) is 0 Å². The second kappa shape index (κ2) is 5.32. The second-order valence-electron chi connectivity index (χ2n) is 4.27. The van der Waals surface area contributed by atoms with Gasteiger partial charge in [-0.25, -0.2) is 4.98 Å². The molecule has 0 spiro atoms. The normalized spacial score (nSPS) is 11.3. The SMILES string of the molecule is Nc1cc(CC(=O)c2cccc(C(F)(F)F)c2)ccn1. The standard InChI is InChI=1S/C14H11F3N2O/c15-14(16,17)11-3-1-2-10(8-11)12(20)6-9-4-5-19-13(18)7-9/h1-5,7-8H,6H2,(H2,18,19). The van der Waals surface area contributed by atoms with Crippen LogP contribution in [-0.4, -0.2) is 10.8 Å². The van der Waals surface area contributed by atoms with E-state index in [1.807, 2.05) is 0 Å². The van der Waals surface area contributed by atoms with Crippen molar-refractivity contribution in [2.75, 3.05) is 5.73 Å². The lowest BCUT2D eigenvalue weighted by atomic mass is 10.0. The number of nitrogens with zero attached hydrogens (tertiary/aromatic N) is 1. The van der Waals surface area contributed by atoms with Crippen molar-refractivity contribution in [1.29, 1.82) is 0 Å². The summed E-state index contributed by atoms with van der Waals surface area (Å²) in [7, 11) is 0. The summed E-state index contributed by atoms with van der Waals surface area (Å²) in [6, 6.07) is 7.49. The van der Waals surface area contributed by atoms with Gasteiger partial charge in [-0.2, -0.15) is 13.2 Å². The molecule has 1 aromatic heterocycles. The summed E-state index contributed by atoms with van der Waals surface area (Å²) in [5.41, 5.74) is 5.28. The predicted molar refractivity (Wildman–Crippen MR) is 68.1 cm³/mol. The summed E-state index contributed by atoms with van der Waals surface area (Å²) in [6.07, 6.45) is -3.03. The van der Waals surface area contributed by atoms with Gasteiger partial charge in [0.05, 0.1) is 5.56 Å². The van der Waals surface area contributed by atoms with E-state index >= 15 is 0 Å². The lowest BCUT2D eigenvalue weighted by Gasteiger charge is -2.08. The van der Waals surface area contributed by atoms with E-state index in [1.165, 1.54) is 24.4 Å². The largest absolute Gasteiger partial charge is 0.416 e. The van der Waals surface area contributed by atoms with E-state index in [-0.39, 0.29) is 17.8 Å². The Kier molecular flexibility index (Phi) is 3.74. The molecule has 2 aromatic rings. The Morgan fingerprint density at radius 2 is 1.95 bits per heavy atom. The van der Waals surface area contributed by atoms with Crippen LogP contribution in [0.4, 0.5) is 19.0 Å². The summed E-state index contributed by atoms with van der Waals surface area (Å²) in [5, 5.41) is 0. The van der Waals surface area contributed by atoms with Crippen molar-refractivity contribution >= 4 is 11.6 Å². The first-order valence-corrected chi connectivity index (χ1v) is 5.77. The molecule has 0 amide bonds. The van der Waals surface area contributed by atoms with Gasteiger partial charge in [0.25, 0.3) is 0 Å². The van der Waals surface area contributed by atoms with E-state index in [0.717, 1.165) is 12.1 Å². The molecule has 0 saturated carbocycles. The molecule has 0 fully saturated rings. The molecule has 6 heteroatoms. The fourth-order valence-electron chi connectivity index (χ4n) is 1.76.